The van der Waals surface area contributed by atoms with Crippen LogP contribution < -0.4 is 0 Å². The summed E-state index contributed by atoms with van der Waals surface area (Å²) in [6.45, 7) is 5.46. The standard InChI is InChI=1S/C28H38N2O2/c1-27-13-11-19(31)15-18(27)7-8-20-21-9-10-23(28(21,2)14-12-22(20)27)26(32)16-30-17-29-24-5-3-4-6-25(24)30/h3-6,17-23,31H,7-16H2,1-2H3/t18-,19-,20+,21+,22+,23-,27+,28+/m1/s1. The second-order valence-electron chi connectivity index (χ2n) is 12.1. The van der Waals surface area contributed by atoms with Crippen molar-refractivity contribution in [3.63, 3.8) is 0 Å². The lowest BCUT2D eigenvalue weighted by atomic mass is 9.44. The van der Waals surface area contributed by atoms with Gasteiger partial charge in [0.1, 0.15) is 0 Å². The van der Waals surface area contributed by atoms with E-state index in [1.807, 2.05) is 24.5 Å². The van der Waals surface area contributed by atoms with Crippen LogP contribution >= 0.6 is 0 Å². The minimum absolute atomic E-state index is 0.0776. The van der Waals surface area contributed by atoms with Crippen LogP contribution in [0.5, 0.6) is 0 Å². The molecular weight excluding hydrogens is 396 g/mol. The number of carbonyl (C=O) groups is 1. The Kier molecular flexibility index (Phi) is 4.84. The number of hydrogen-bond acceptors (Lipinski definition) is 3. The van der Waals surface area contributed by atoms with Crippen LogP contribution in [0.4, 0.5) is 0 Å². The molecule has 0 amide bonds. The molecule has 4 aliphatic rings. The highest BCUT2D eigenvalue weighted by molar-refractivity contribution is 5.84. The Morgan fingerprint density at radius 3 is 2.69 bits per heavy atom. The largest absolute Gasteiger partial charge is 0.393 e. The van der Waals surface area contributed by atoms with Crippen molar-refractivity contribution in [1.82, 2.24) is 9.55 Å². The predicted molar refractivity (Wildman–Crippen MR) is 126 cm³/mol. The average Bonchev–Trinajstić information content (AvgIpc) is 3.35. The van der Waals surface area contributed by atoms with Crippen LogP contribution in [0.15, 0.2) is 30.6 Å². The molecule has 4 fully saturated rings. The summed E-state index contributed by atoms with van der Waals surface area (Å²) in [6.07, 6.45) is 12.3. The van der Waals surface area contributed by atoms with E-state index in [0.717, 1.165) is 42.1 Å². The zero-order valence-electron chi connectivity index (χ0n) is 19.7. The molecule has 0 bridgehead atoms. The normalized spacial score (nSPS) is 43.5. The number of nitrogens with zero attached hydrogens (tertiary/aromatic N) is 2. The van der Waals surface area contributed by atoms with Gasteiger partial charge < -0.3 is 9.67 Å². The zero-order chi connectivity index (χ0) is 22.1. The van der Waals surface area contributed by atoms with Crippen molar-refractivity contribution in [2.45, 2.75) is 84.3 Å². The van der Waals surface area contributed by atoms with Crippen LogP contribution in [0.1, 0.15) is 71.6 Å². The molecule has 0 saturated heterocycles. The molecule has 172 valence electrons. The van der Waals surface area contributed by atoms with Gasteiger partial charge in [0.05, 0.1) is 30.0 Å². The molecule has 4 saturated carbocycles. The van der Waals surface area contributed by atoms with Crippen molar-refractivity contribution in [2.75, 3.05) is 0 Å². The van der Waals surface area contributed by atoms with Crippen LogP contribution in [0, 0.1) is 40.4 Å². The molecule has 1 N–H and O–H groups in total. The lowest BCUT2D eigenvalue weighted by Gasteiger charge is -2.60. The number of aliphatic hydroxyl groups is 1. The van der Waals surface area contributed by atoms with E-state index in [0.29, 0.717) is 29.6 Å². The minimum atomic E-state index is -0.0776. The molecule has 1 heterocycles. The number of para-hydroxylation sites is 2. The Morgan fingerprint density at radius 2 is 1.81 bits per heavy atom. The van der Waals surface area contributed by atoms with Gasteiger partial charge in [-0.1, -0.05) is 26.0 Å². The molecular formula is C28H38N2O2. The number of aliphatic hydroxyl groups excluding tert-OH is 1. The van der Waals surface area contributed by atoms with Crippen molar-refractivity contribution in [3.05, 3.63) is 30.6 Å². The van der Waals surface area contributed by atoms with E-state index in [2.05, 4.69) is 29.5 Å². The SMILES string of the molecule is C[C@]12CC[C@@H](O)C[C@H]1CC[C@@H]1[C@@H]2CC[C@]2(C)[C@@H](C(=O)Cn3cnc4ccccc43)CC[C@@H]12. The third kappa shape index (κ3) is 2.97. The summed E-state index contributed by atoms with van der Waals surface area (Å²) in [7, 11) is 0. The van der Waals surface area contributed by atoms with E-state index in [1.54, 1.807) is 0 Å². The number of carbonyl (C=O) groups excluding carboxylic acids is 1. The second-order valence-corrected chi connectivity index (χ2v) is 12.1. The molecule has 1 aromatic carbocycles. The number of hydrogen-bond donors (Lipinski definition) is 1. The van der Waals surface area contributed by atoms with E-state index in [1.165, 1.54) is 38.5 Å². The second kappa shape index (κ2) is 7.41. The molecule has 0 aliphatic heterocycles. The average molecular weight is 435 g/mol. The number of benzene rings is 1. The Labute approximate surface area is 191 Å². The van der Waals surface area contributed by atoms with Crippen LogP contribution in [-0.4, -0.2) is 26.5 Å². The van der Waals surface area contributed by atoms with E-state index >= 15 is 0 Å². The molecule has 0 spiro atoms. The molecule has 2 aromatic rings. The van der Waals surface area contributed by atoms with Gasteiger partial charge in [-0.25, -0.2) is 4.98 Å². The van der Waals surface area contributed by atoms with Crippen molar-refractivity contribution >= 4 is 16.8 Å². The van der Waals surface area contributed by atoms with Gasteiger partial charge in [0.25, 0.3) is 0 Å². The third-order valence-electron chi connectivity index (χ3n) is 10.9. The van der Waals surface area contributed by atoms with E-state index in [4.69, 9.17) is 0 Å². The van der Waals surface area contributed by atoms with Gasteiger partial charge in [-0.15, -0.1) is 0 Å². The number of aromatic nitrogens is 2. The quantitative estimate of drug-likeness (QED) is 0.682. The van der Waals surface area contributed by atoms with Crippen molar-refractivity contribution in [1.29, 1.82) is 0 Å². The predicted octanol–water partition coefficient (Wildman–Crippen LogP) is 5.63. The fourth-order valence-corrected chi connectivity index (χ4v) is 9.18. The molecule has 1 aromatic heterocycles. The molecule has 32 heavy (non-hydrogen) atoms. The summed E-state index contributed by atoms with van der Waals surface area (Å²) in [5.74, 6) is 3.56. The van der Waals surface area contributed by atoms with Crippen LogP contribution in [0.2, 0.25) is 0 Å². The maximum atomic E-state index is 13.6. The Hall–Kier alpha value is -1.68. The first kappa shape index (κ1) is 20.9. The maximum absolute atomic E-state index is 13.6. The lowest BCUT2D eigenvalue weighted by Crippen LogP contribution is -2.54. The highest BCUT2D eigenvalue weighted by atomic mass is 16.3. The van der Waals surface area contributed by atoms with Crippen LogP contribution in [-0.2, 0) is 11.3 Å². The highest BCUT2D eigenvalue weighted by Gasteiger charge is 2.61. The lowest BCUT2D eigenvalue weighted by molar-refractivity contribution is -0.140. The molecule has 0 unspecified atom stereocenters. The monoisotopic (exact) mass is 434 g/mol. The minimum Gasteiger partial charge on any atom is -0.393 e. The molecule has 4 heteroatoms. The molecule has 4 nitrogen and oxygen atoms in total. The first-order valence-electron chi connectivity index (χ1n) is 13.0. The van der Waals surface area contributed by atoms with Crippen LogP contribution in [0.25, 0.3) is 11.0 Å². The van der Waals surface area contributed by atoms with Crippen molar-refractivity contribution in [3.8, 4) is 0 Å². The summed E-state index contributed by atoms with van der Waals surface area (Å²) in [5, 5.41) is 10.3. The van der Waals surface area contributed by atoms with Gasteiger partial charge >= 0.3 is 0 Å². The van der Waals surface area contributed by atoms with Crippen molar-refractivity contribution < 1.29 is 9.90 Å². The molecule has 6 rings (SSSR count). The van der Waals surface area contributed by atoms with Gasteiger partial charge in [0.15, 0.2) is 5.78 Å². The third-order valence-corrected chi connectivity index (χ3v) is 10.9. The maximum Gasteiger partial charge on any atom is 0.156 e. The van der Waals surface area contributed by atoms with E-state index in [9.17, 15) is 9.90 Å². The summed E-state index contributed by atoms with van der Waals surface area (Å²) >= 11 is 0. The smallest absolute Gasteiger partial charge is 0.156 e. The highest BCUT2D eigenvalue weighted by Crippen LogP contribution is 2.67. The zero-order valence-corrected chi connectivity index (χ0v) is 19.7. The number of rotatable bonds is 3. The van der Waals surface area contributed by atoms with Crippen molar-refractivity contribution in [2.24, 2.45) is 40.4 Å². The Balaban J connectivity index is 1.22. The van der Waals surface area contributed by atoms with Gasteiger partial charge in [-0.05, 0) is 104 Å². The molecule has 0 radical (unpaired) electrons. The molecule has 8 atom stereocenters. The summed E-state index contributed by atoms with van der Waals surface area (Å²) in [5.41, 5.74) is 2.60. The first-order valence-corrected chi connectivity index (χ1v) is 13.0. The number of ketones is 1. The fraction of sp³-hybridized carbons (Fsp3) is 0.714. The Morgan fingerprint density at radius 1 is 1.03 bits per heavy atom. The summed E-state index contributed by atoms with van der Waals surface area (Å²) < 4.78 is 2.06. The van der Waals surface area contributed by atoms with Gasteiger partial charge in [-0.3, -0.25) is 4.79 Å². The van der Waals surface area contributed by atoms with E-state index < -0.39 is 0 Å². The van der Waals surface area contributed by atoms with Gasteiger partial charge in [-0.2, -0.15) is 0 Å². The first-order chi connectivity index (χ1) is 15.4. The summed E-state index contributed by atoms with van der Waals surface area (Å²) in [6, 6.07) is 8.12. The van der Waals surface area contributed by atoms with Gasteiger partial charge in [0, 0.05) is 5.92 Å². The number of fused-ring (bicyclic) bond motifs is 6. The van der Waals surface area contributed by atoms with E-state index in [-0.39, 0.29) is 17.4 Å². The van der Waals surface area contributed by atoms with Crippen LogP contribution in [0.3, 0.4) is 0 Å². The number of imidazole rings is 1. The molecule has 4 aliphatic carbocycles. The topological polar surface area (TPSA) is 55.1 Å². The van der Waals surface area contributed by atoms with Gasteiger partial charge in [0.2, 0.25) is 0 Å². The summed E-state index contributed by atoms with van der Waals surface area (Å²) in [4.78, 5) is 18.1. The fourth-order valence-electron chi connectivity index (χ4n) is 9.18. The number of Topliss-reactive ketones (excluding diaryl/α,β-unsaturated/α-hetero) is 1. The Bertz CT molecular complexity index is 1030.